The lowest BCUT2D eigenvalue weighted by molar-refractivity contribution is -0.0625. The number of likely N-dealkylation sites (tertiary alicyclic amines) is 1. The summed E-state index contributed by atoms with van der Waals surface area (Å²) in [7, 11) is 0. The van der Waals surface area contributed by atoms with Gasteiger partial charge in [0.15, 0.2) is 0 Å². The second-order valence-electron chi connectivity index (χ2n) is 7.35. The largest absolute Gasteiger partial charge is 0.485 e. The number of aliphatic hydroxyl groups excluding tert-OH is 1. The molecule has 2 aromatic rings. The highest BCUT2D eigenvalue weighted by molar-refractivity contribution is 5.41. The molecule has 1 N–H and O–H groups in total. The number of aryl methyl sites for hydroxylation is 1. The van der Waals surface area contributed by atoms with Gasteiger partial charge in [0.1, 0.15) is 11.4 Å². The Morgan fingerprint density at radius 2 is 2.04 bits per heavy atom. The molecule has 0 aromatic heterocycles. The number of piperidine rings is 1. The molecule has 0 amide bonds. The van der Waals surface area contributed by atoms with Crippen molar-refractivity contribution in [3.05, 3.63) is 65.2 Å². The minimum absolute atomic E-state index is 0.255. The molecule has 2 aliphatic rings. The fraction of sp³-hybridized carbons (Fsp3) is 0.429. The zero-order valence-corrected chi connectivity index (χ0v) is 14.2. The summed E-state index contributed by atoms with van der Waals surface area (Å²) >= 11 is 0. The molecule has 3 nitrogen and oxygen atoms in total. The van der Waals surface area contributed by atoms with E-state index in [4.69, 9.17) is 4.74 Å². The lowest BCUT2D eigenvalue weighted by atomic mass is 9.82. The van der Waals surface area contributed by atoms with Gasteiger partial charge in [-0.25, -0.2) is 0 Å². The highest BCUT2D eigenvalue weighted by Gasteiger charge is 2.43. The van der Waals surface area contributed by atoms with Crippen LogP contribution in [0.1, 0.15) is 42.1 Å². The Hall–Kier alpha value is -1.84. The molecule has 24 heavy (non-hydrogen) atoms. The number of nitrogens with zero attached hydrogens (tertiary/aromatic N) is 1. The maximum atomic E-state index is 10.7. The smallest absolute Gasteiger partial charge is 0.126 e. The van der Waals surface area contributed by atoms with Crippen molar-refractivity contribution in [2.75, 3.05) is 13.1 Å². The molecule has 3 heteroatoms. The van der Waals surface area contributed by atoms with Crippen molar-refractivity contribution in [1.29, 1.82) is 0 Å². The Morgan fingerprint density at radius 3 is 2.88 bits per heavy atom. The first kappa shape index (κ1) is 15.7. The highest BCUT2D eigenvalue weighted by atomic mass is 16.5. The van der Waals surface area contributed by atoms with Crippen molar-refractivity contribution in [2.24, 2.45) is 0 Å². The number of hydrogen-bond acceptors (Lipinski definition) is 3. The average molecular weight is 323 g/mol. The van der Waals surface area contributed by atoms with Gasteiger partial charge in [0.2, 0.25) is 0 Å². The van der Waals surface area contributed by atoms with E-state index in [9.17, 15) is 5.11 Å². The molecule has 4 rings (SSSR count). The van der Waals surface area contributed by atoms with Crippen molar-refractivity contribution in [3.63, 3.8) is 0 Å². The van der Waals surface area contributed by atoms with E-state index in [1.807, 2.05) is 6.07 Å². The minimum atomic E-state index is -0.426. The van der Waals surface area contributed by atoms with Crippen LogP contribution in [-0.2, 0) is 6.54 Å². The predicted molar refractivity (Wildman–Crippen MR) is 95.1 cm³/mol. The van der Waals surface area contributed by atoms with Crippen molar-refractivity contribution >= 4 is 0 Å². The molecule has 126 valence electrons. The molecule has 0 saturated carbocycles. The van der Waals surface area contributed by atoms with Gasteiger partial charge in [-0.15, -0.1) is 0 Å². The lowest BCUT2D eigenvalue weighted by Gasteiger charge is -2.46. The van der Waals surface area contributed by atoms with Crippen LogP contribution < -0.4 is 4.74 Å². The first-order valence-electron chi connectivity index (χ1n) is 8.87. The van der Waals surface area contributed by atoms with Crippen LogP contribution in [-0.4, -0.2) is 28.7 Å². The van der Waals surface area contributed by atoms with Crippen molar-refractivity contribution in [1.82, 2.24) is 4.90 Å². The maximum Gasteiger partial charge on any atom is 0.126 e. The number of aliphatic hydroxyl groups is 1. The second kappa shape index (κ2) is 6.23. The van der Waals surface area contributed by atoms with E-state index in [1.54, 1.807) is 0 Å². The van der Waals surface area contributed by atoms with Crippen LogP contribution >= 0.6 is 0 Å². The molecule has 2 heterocycles. The van der Waals surface area contributed by atoms with Crippen LogP contribution in [0, 0.1) is 6.92 Å². The van der Waals surface area contributed by atoms with E-state index in [1.165, 1.54) is 11.1 Å². The zero-order chi connectivity index (χ0) is 16.6. The minimum Gasteiger partial charge on any atom is -0.485 e. The van der Waals surface area contributed by atoms with Crippen LogP contribution in [0.15, 0.2) is 48.5 Å². The van der Waals surface area contributed by atoms with Crippen LogP contribution in [0.3, 0.4) is 0 Å². The van der Waals surface area contributed by atoms with Crippen LogP contribution in [0.5, 0.6) is 5.75 Å². The van der Waals surface area contributed by atoms with Crippen molar-refractivity contribution in [2.45, 2.75) is 44.4 Å². The number of hydrogen-bond donors (Lipinski definition) is 1. The number of ether oxygens (including phenoxy) is 1. The van der Waals surface area contributed by atoms with Crippen LogP contribution in [0.25, 0.3) is 0 Å². The molecule has 0 aliphatic carbocycles. The van der Waals surface area contributed by atoms with E-state index in [-0.39, 0.29) is 5.60 Å². The van der Waals surface area contributed by atoms with Crippen LogP contribution in [0.4, 0.5) is 0 Å². The standard InChI is InChI=1S/C21H25NO2/c1-16-8-9-20-18(12-16)19(23)13-21(24-20)10-5-11-22(15-21)14-17-6-3-2-4-7-17/h2-4,6-9,12,19,23H,5,10-11,13-15H2,1H3/t19-,21?/m1/s1. The van der Waals surface area contributed by atoms with Gasteiger partial charge < -0.3 is 9.84 Å². The van der Waals surface area contributed by atoms with E-state index in [0.717, 1.165) is 43.8 Å². The number of rotatable bonds is 2. The third-order valence-corrected chi connectivity index (χ3v) is 5.28. The number of benzene rings is 2. The summed E-state index contributed by atoms with van der Waals surface area (Å²) in [5.41, 5.74) is 3.19. The first-order valence-corrected chi connectivity index (χ1v) is 8.87. The summed E-state index contributed by atoms with van der Waals surface area (Å²) in [6.07, 6.45) is 2.39. The first-order chi connectivity index (χ1) is 11.6. The summed E-state index contributed by atoms with van der Waals surface area (Å²) in [6, 6.07) is 16.7. The molecule has 2 atom stereocenters. The molecule has 2 aromatic carbocycles. The topological polar surface area (TPSA) is 32.7 Å². The quantitative estimate of drug-likeness (QED) is 0.911. The van der Waals surface area contributed by atoms with Gasteiger partial charge >= 0.3 is 0 Å². The third kappa shape index (κ3) is 3.06. The van der Waals surface area contributed by atoms with E-state index in [2.05, 4.69) is 54.3 Å². The maximum absolute atomic E-state index is 10.7. The molecule has 0 radical (unpaired) electrons. The highest BCUT2D eigenvalue weighted by Crippen LogP contribution is 2.43. The van der Waals surface area contributed by atoms with Gasteiger partial charge in [0, 0.05) is 25.1 Å². The Balaban J connectivity index is 1.54. The molecule has 1 fully saturated rings. The summed E-state index contributed by atoms with van der Waals surface area (Å²) in [5, 5.41) is 10.7. The fourth-order valence-corrected chi connectivity index (χ4v) is 4.18. The third-order valence-electron chi connectivity index (χ3n) is 5.28. The van der Waals surface area contributed by atoms with Gasteiger partial charge in [-0.2, -0.15) is 0 Å². The molecule has 0 bridgehead atoms. The van der Waals surface area contributed by atoms with Crippen molar-refractivity contribution < 1.29 is 9.84 Å². The monoisotopic (exact) mass is 323 g/mol. The van der Waals surface area contributed by atoms with E-state index < -0.39 is 6.10 Å². The Bertz CT molecular complexity index is 715. The van der Waals surface area contributed by atoms with E-state index in [0.29, 0.717) is 6.42 Å². The molecule has 1 saturated heterocycles. The molecular formula is C21H25NO2. The van der Waals surface area contributed by atoms with Gasteiger partial charge in [-0.1, -0.05) is 42.0 Å². The Kier molecular flexibility index (Phi) is 4.07. The van der Waals surface area contributed by atoms with E-state index >= 15 is 0 Å². The summed E-state index contributed by atoms with van der Waals surface area (Å²) in [6.45, 7) is 4.98. The van der Waals surface area contributed by atoms with Crippen LogP contribution in [0.2, 0.25) is 0 Å². The summed E-state index contributed by atoms with van der Waals surface area (Å²) < 4.78 is 6.45. The van der Waals surface area contributed by atoms with Gasteiger partial charge in [0.05, 0.1) is 6.10 Å². The molecular weight excluding hydrogens is 298 g/mol. The average Bonchev–Trinajstić information content (AvgIpc) is 2.57. The van der Waals surface area contributed by atoms with Gasteiger partial charge in [-0.3, -0.25) is 4.90 Å². The van der Waals surface area contributed by atoms with Gasteiger partial charge in [0.25, 0.3) is 0 Å². The Labute approximate surface area is 143 Å². The lowest BCUT2D eigenvalue weighted by Crippen LogP contribution is -2.53. The summed E-state index contributed by atoms with van der Waals surface area (Å²) in [5.74, 6) is 0.862. The molecule has 1 unspecified atom stereocenters. The second-order valence-corrected chi connectivity index (χ2v) is 7.35. The number of fused-ring (bicyclic) bond motifs is 1. The Morgan fingerprint density at radius 1 is 1.21 bits per heavy atom. The fourth-order valence-electron chi connectivity index (χ4n) is 4.18. The van der Waals surface area contributed by atoms with Crippen molar-refractivity contribution in [3.8, 4) is 5.75 Å². The molecule has 2 aliphatic heterocycles. The SMILES string of the molecule is Cc1ccc2c(c1)[C@H](O)CC1(CCCN(Cc3ccccc3)C1)O2. The van der Waals surface area contributed by atoms with Gasteiger partial charge in [-0.05, 0) is 44.0 Å². The summed E-state index contributed by atoms with van der Waals surface area (Å²) in [4.78, 5) is 2.46. The predicted octanol–water partition coefficient (Wildman–Crippen LogP) is 3.85. The normalized spacial score (nSPS) is 26.8. The zero-order valence-electron chi connectivity index (χ0n) is 14.2. The molecule has 1 spiro atoms.